The lowest BCUT2D eigenvalue weighted by molar-refractivity contribution is -0.141. The third kappa shape index (κ3) is 4.61. The summed E-state index contributed by atoms with van der Waals surface area (Å²) in [5, 5.41) is 2.42. The normalized spacial score (nSPS) is 11.2. The van der Waals surface area contributed by atoms with Crippen molar-refractivity contribution < 1.29 is 22.7 Å². The van der Waals surface area contributed by atoms with Gasteiger partial charge in [-0.25, -0.2) is 0 Å². The van der Waals surface area contributed by atoms with Gasteiger partial charge >= 0.3 is 6.18 Å². The van der Waals surface area contributed by atoms with Gasteiger partial charge in [-0.15, -0.1) is 0 Å². The Labute approximate surface area is 135 Å². The molecule has 5 nitrogen and oxygen atoms in total. The highest BCUT2D eigenvalue weighted by molar-refractivity contribution is 5.93. The molecule has 0 spiro atoms. The number of ether oxygens (including phenoxy) is 1. The third-order valence-corrected chi connectivity index (χ3v) is 3.11. The van der Waals surface area contributed by atoms with Crippen LogP contribution in [-0.4, -0.2) is 24.0 Å². The van der Waals surface area contributed by atoms with Crippen LogP contribution in [0.25, 0.3) is 0 Å². The van der Waals surface area contributed by atoms with Crippen LogP contribution in [0.4, 0.5) is 13.2 Å². The first-order valence-electron chi connectivity index (χ1n) is 7.05. The Bertz CT molecular complexity index is 785. The number of alkyl halides is 3. The van der Waals surface area contributed by atoms with Gasteiger partial charge < -0.3 is 15.0 Å². The van der Waals surface area contributed by atoms with E-state index < -0.39 is 28.9 Å². The minimum atomic E-state index is -4.67. The minimum Gasteiger partial charge on any atom is -0.492 e. The van der Waals surface area contributed by atoms with Crippen LogP contribution in [-0.2, 0) is 6.18 Å². The minimum absolute atomic E-state index is 0.104. The first-order chi connectivity index (χ1) is 11.3. The van der Waals surface area contributed by atoms with Gasteiger partial charge in [0.2, 0.25) is 0 Å². The maximum absolute atomic E-state index is 12.5. The Morgan fingerprint density at radius 1 is 1.25 bits per heavy atom. The van der Waals surface area contributed by atoms with E-state index >= 15 is 0 Å². The van der Waals surface area contributed by atoms with Crippen molar-refractivity contribution in [3.8, 4) is 5.75 Å². The maximum atomic E-state index is 12.5. The van der Waals surface area contributed by atoms with Gasteiger partial charge in [-0.3, -0.25) is 9.59 Å². The number of halogens is 3. The van der Waals surface area contributed by atoms with E-state index in [1.807, 2.05) is 25.1 Å². The molecule has 0 fully saturated rings. The predicted molar refractivity (Wildman–Crippen MR) is 81.1 cm³/mol. The number of aromatic nitrogens is 1. The molecule has 1 aromatic heterocycles. The molecule has 0 aliphatic rings. The number of pyridine rings is 1. The molecule has 24 heavy (non-hydrogen) atoms. The van der Waals surface area contributed by atoms with Crippen molar-refractivity contribution in [1.82, 2.24) is 10.3 Å². The molecular formula is C16H15F3N2O3. The van der Waals surface area contributed by atoms with Crippen LogP contribution in [0.1, 0.15) is 21.6 Å². The van der Waals surface area contributed by atoms with Gasteiger partial charge in [0.1, 0.15) is 23.6 Å². The highest BCUT2D eigenvalue weighted by Crippen LogP contribution is 2.26. The number of benzene rings is 1. The number of hydrogen-bond donors (Lipinski definition) is 2. The van der Waals surface area contributed by atoms with Crippen molar-refractivity contribution in [1.29, 1.82) is 0 Å². The van der Waals surface area contributed by atoms with E-state index in [0.717, 1.165) is 11.6 Å². The smallest absolute Gasteiger partial charge is 0.431 e. The zero-order chi connectivity index (χ0) is 17.7. The molecule has 1 aromatic carbocycles. The van der Waals surface area contributed by atoms with Crippen molar-refractivity contribution in [3.05, 3.63) is 63.6 Å². The van der Waals surface area contributed by atoms with E-state index in [4.69, 9.17) is 4.74 Å². The van der Waals surface area contributed by atoms with Gasteiger partial charge in [-0.05, 0) is 36.8 Å². The Hall–Kier alpha value is -2.77. The summed E-state index contributed by atoms with van der Waals surface area (Å²) in [6, 6.07) is 8.81. The standard InChI is InChI=1S/C16H15F3N2O3/c1-10-3-2-4-11(9-10)24-8-7-20-14(22)12-5-6-13(16(17,18)19)21-15(12)23/h2-6,9H,7-8H2,1H3,(H,20,22)(H,21,23). The zero-order valence-electron chi connectivity index (χ0n) is 12.7. The number of rotatable bonds is 5. The van der Waals surface area contributed by atoms with Crippen molar-refractivity contribution in [2.45, 2.75) is 13.1 Å². The van der Waals surface area contributed by atoms with Crippen molar-refractivity contribution in [2.24, 2.45) is 0 Å². The highest BCUT2D eigenvalue weighted by atomic mass is 19.4. The largest absolute Gasteiger partial charge is 0.492 e. The molecule has 2 aromatic rings. The van der Waals surface area contributed by atoms with Gasteiger partial charge in [0.15, 0.2) is 0 Å². The average Bonchev–Trinajstić information content (AvgIpc) is 2.50. The second-order valence-electron chi connectivity index (χ2n) is 5.03. The number of aromatic amines is 1. The van der Waals surface area contributed by atoms with Gasteiger partial charge in [-0.1, -0.05) is 12.1 Å². The van der Waals surface area contributed by atoms with Crippen LogP contribution in [0.5, 0.6) is 5.75 Å². The van der Waals surface area contributed by atoms with E-state index in [1.165, 1.54) is 0 Å². The lowest BCUT2D eigenvalue weighted by atomic mass is 10.2. The fourth-order valence-electron chi connectivity index (χ4n) is 1.95. The zero-order valence-corrected chi connectivity index (χ0v) is 12.7. The number of carbonyl (C=O) groups excluding carboxylic acids is 1. The fraction of sp³-hybridized carbons (Fsp3) is 0.250. The molecule has 128 valence electrons. The van der Waals surface area contributed by atoms with Crippen LogP contribution < -0.4 is 15.6 Å². The number of H-pyrrole nitrogens is 1. The van der Waals surface area contributed by atoms with Gasteiger partial charge in [0, 0.05) is 0 Å². The summed E-state index contributed by atoms with van der Waals surface area (Å²) in [6.07, 6.45) is -4.67. The van der Waals surface area contributed by atoms with Crippen molar-refractivity contribution >= 4 is 5.91 Å². The Morgan fingerprint density at radius 3 is 2.62 bits per heavy atom. The van der Waals surface area contributed by atoms with E-state index in [9.17, 15) is 22.8 Å². The van der Waals surface area contributed by atoms with Crippen LogP contribution in [0.2, 0.25) is 0 Å². The molecule has 0 unspecified atom stereocenters. The third-order valence-electron chi connectivity index (χ3n) is 3.11. The Kier molecular flexibility index (Phi) is 5.28. The summed E-state index contributed by atoms with van der Waals surface area (Å²) in [6.45, 7) is 2.17. The van der Waals surface area contributed by atoms with Gasteiger partial charge in [-0.2, -0.15) is 13.2 Å². The molecule has 0 aliphatic carbocycles. The average molecular weight is 340 g/mol. The molecule has 2 N–H and O–H groups in total. The molecule has 2 rings (SSSR count). The molecule has 0 saturated carbocycles. The lowest BCUT2D eigenvalue weighted by Crippen LogP contribution is -2.33. The summed E-state index contributed by atoms with van der Waals surface area (Å²) < 4.78 is 42.8. The number of carbonyl (C=O) groups is 1. The Morgan fingerprint density at radius 2 is 2.00 bits per heavy atom. The fourth-order valence-corrected chi connectivity index (χ4v) is 1.95. The molecule has 1 amide bonds. The number of nitrogens with one attached hydrogen (secondary N) is 2. The molecular weight excluding hydrogens is 325 g/mol. The van der Waals surface area contributed by atoms with E-state index in [-0.39, 0.29) is 13.2 Å². The Balaban J connectivity index is 1.90. The lowest BCUT2D eigenvalue weighted by Gasteiger charge is -2.09. The van der Waals surface area contributed by atoms with Crippen LogP contribution in [0, 0.1) is 6.92 Å². The summed E-state index contributed by atoms with van der Waals surface area (Å²) in [7, 11) is 0. The summed E-state index contributed by atoms with van der Waals surface area (Å²) in [5.41, 5.74) is -1.67. The van der Waals surface area contributed by atoms with Crippen molar-refractivity contribution in [3.63, 3.8) is 0 Å². The van der Waals surface area contributed by atoms with E-state index in [2.05, 4.69) is 5.32 Å². The highest BCUT2D eigenvalue weighted by Gasteiger charge is 2.32. The SMILES string of the molecule is Cc1cccc(OCCNC(=O)c2ccc(C(F)(F)F)[nH]c2=O)c1. The molecule has 0 aliphatic heterocycles. The van der Waals surface area contributed by atoms with E-state index in [1.54, 1.807) is 11.1 Å². The number of aryl methyl sites for hydroxylation is 1. The van der Waals surface area contributed by atoms with Gasteiger partial charge in [0.25, 0.3) is 11.5 Å². The first kappa shape index (κ1) is 17.6. The molecule has 1 heterocycles. The first-order valence-corrected chi connectivity index (χ1v) is 7.05. The number of amides is 1. The molecule has 0 atom stereocenters. The topological polar surface area (TPSA) is 71.2 Å². The molecule has 0 bridgehead atoms. The van der Waals surface area contributed by atoms with Crippen molar-refractivity contribution in [2.75, 3.05) is 13.2 Å². The summed E-state index contributed by atoms with van der Waals surface area (Å²) in [5.74, 6) is -0.130. The van der Waals surface area contributed by atoms with Crippen LogP contribution in [0.3, 0.4) is 0 Å². The quantitative estimate of drug-likeness (QED) is 0.822. The molecule has 8 heteroatoms. The predicted octanol–water partition coefficient (Wildman–Crippen LogP) is 2.51. The van der Waals surface area contributed by atoms with Crippen LogP contribution in [0.15, 0.2) is 41.2 Å². The van der Waals surface area contributed by atoms with Gasteiger partial charge in [0.05, 0.1) is 6.54 Å². The second kappa shape index (κ2) is 7.20. The monoisotopic (exact) mass is 340 g/mol. The summed E-state index contributed by atoms with van der Waals surface area (Å²) in [4.78, 5) is 25.0. The summed E-state index contributed by atoms with van der Waals surface area (Å²) >= 11 is 0. The maximum Gasteiger partial charge on any atom is 0.431 e. The molecule has 0 saturated heterocycles. The second-order valence-corrected chi connectivity index (χ2v) is 5.03. The number of hydrogen-bond acceptors (Lipinski definition) is 3. The van der Waals surface area contributed by atoms with Crippen LogP contribution >= 0.6 is 0 Å². The van der Waals surface area contributed by atoms with E-state index in [0.29, 0.717) is 11.8 Å². The molecule has 0 radical (unpaired) electrons.